The molecule has 0 saturated carbocycles. The van der Waals surface area contributed by atoms with Crippen molar-refractivity contribution in [3.63, 3.8) is 0 Å². The fraction of sp³-hybridized carbons (Fsp3) is 0. The Morgan fingerprint density at radius 1 is 1.27 bits per heavy atom. The number of aromatic nitrogens is 3. The molecule has 2 rings (SSSR count). The molecule has 5 heteroatoms. The third-order valence-corrected chi connectivity index (χ3v) is 1.33. The van der Waals surface area contributed by atoms with Crippen LogP contribution in [0.3, 0.4) is 0 Å². The van der Waals surface area contributed by atoms with Crippen LogP contribution in [0.5, 0.6) is 0 Å². The van der Waals surface area contributed by atoms with E-state index in [2.05, 4.69) is 10.3 Å². The predicted molar refractivity (Wildman–Crippen MR) is 34.7 cm³/mol. The molecule has 1 heterocycles. The van der Waals surface area contributed by atoms with Crippen LogP contribution in [0, 0.1) is 0 Å². The summed E-state index contributed by atoms with van der Waals surface area (Å²) in [5, 5.41) is 16.1. The molecule has 0 atom stereocenters. The molecule has 0 radical (unpaired) electrons. The third-order valence-electron chi connectivity index (χ3n) is 1.33. The minimum atomic E-state index is 0. The second-order valence-corrected chi connectivity index (χ2v) is 1.97. The van der Waals surface area contributed by atoms with E-state index in [0.29, 0.717) is 11.0 Å². The van der Waals surface area contributed by atoms with Gasteiger partial charge in [-0.05, 0) is 17.3 Å². The number of para-hydroxylation sites is 1. The van der Waals surface area contributed by atoms with Gasteiger partial charge in [-0.15, -0.1) is 5.10 Å². The van der Waals surface area contributed by atoms with Crippen molar-refractivity contribution in [1.82, 2.24) is 15.2 Å². The van der Waals surface area contributed by atoms with E-state index in [0.717, 1.165) is 4.85 Å². The van der Waals surface area contributed by atoms with Crippen LogP contribution in [0.15, 0.2) is 24.3 Å². The number of fused-ring (bicyclic) bond motifs is 1. The second-order valence-electron chi connectivity index (χ2n) is 1.97. The normalized spacial score (nSPS) is 9.45. The zero-order chi connectivity index (χ0) is 6.97. The van der Waals surface area contributed by atoms with Crippen molar-refractivity contribution < 1.29 is 24.1 Å². The van der Waals surface area contributed by atoms with Crippen LogP contribution >= 0.6 is 0 Å². The monoisotopic (exact) mass is 142 g/mol. The zero-order valence-electron chi connectivity index (χ0n) is 6.10. The van der Waals surface area contributed by atoms with Gasteiger partial charge < -0.3 is 5.21 Å². The van der Waals surface area contributed by atoms with Crippen LogP contribution in [-0.2, 0) is 0 Å². The van der Waals surface area contributed by atoms with Crippen LogP contribution in [0.1, 0.15) is 0 Å². The summed E-state index contributed by atoms with van der Waals surface area (Å²) in [5.41, 5.74) is 1.33. The van der Waals surface area contributed by atoms with Gasteiger partial charge in [0.1, 0.15) is 11.0 Å². The molecule has 11 heavy (non-hydrogen) atoms. The maximum atomic E-state index is 8.95. The first kappa shape index (κ1) is 8.12. The van der Waals surface area contributed by atoms with E-state index >= 15 is 0 Å². The van der Waals surface area contributed by atoms with Gasteiger partial charge in [-0.3, -0.25) is 0 Å². The average Bonchev–Trinajstić information content (AvgIpc) is 2.34. The Bertz CT molecular complexity index is 359. The number of hydrogen-bond donors (Lipinski definition) is 1. The molecule has 0 unspecified atom stereocenters. The fourth-order valence-electron chi connectivity index (χ4n) is 0.857. The second kappa shape index (κ2) is 2.95. The Morgan fingerprint density at radius 3 is 2.73 bits per heavy atom. The van der Waals surface area contributed by atoms with Crippen LogP contribution in [-0.4, -0.2) is 20.4 Å². The minimum Gasteiger partial charge on any atom is -0.410 e. The van der Waals surface area contributed by atoms with E-state index in [1.165, 1.54) is 0 Å². The summed E-state index contributed by atoms with van der Waals surface area (Å²) in [7, 11) is 0. The summed E-state index contributed by atoms with van der Waals surface area (Å²) >= 11 is 0. The molecule has 2 aromatic rings. The molecule has 4 nitrogen and oxygen atoms in total. The fourth-order valence-corrected chi connectivity index (χ4v) is 0.857. The molecule has 1 N–H and O–H groups in total. The molecule has 0 aliphatic heterocycles. The third kappa shape index (κ3) is 1.23. The van der Waals surface area contributed by atoms with Gasteiger partial charge in [-0.25, -0.2) is 0 Å². The minimum absolute atomic E-state index is 0. The van der Waals surface area contributed by atoms with Gasteiger partial charge >= 0.3 is 18.9 Å². The smallest absolute Gasteiger partial charge is 0.410 e. The number of rotatable bonds is 0. The Hall–Kier alpha value is -0.983. The number of nitrogens with zero attached hydrogens (tertiary/aromatic N) is 3. The molecule has 0 fully saturated rings. The Morgan fingerprint density at radius 2 is 2.00 bits per heavy atom. The maximum Gasteiger partial charge on any atom is 1.00 e. The standard InChI is InChI=1S/C6H5N3O.Li/c10-9-6-4-2-1-3-5(6)7-8-9;/h1-4,10H;/q;+1. The molecule has 0 saturated heterocycles. The molecule has 0 spiro atoms. The Balaban J connectivity index is 0.000000605. The van der Waals surface area contributed by atoms with E-state index in [4.69, 9.17) is 5.21 Å². The molecule has 1 aromatic heterocycles. The van der Waals surface area contributed by atoms with Crippen LogP contribution in [0.25, 0.3) is 11.0 Å². The van der Waals surface area contributed by atoms with Gasteiger partial charge in [0, 0.05) is 0 Å². The molecular formula is C6H5LiN3O+. The average molecular weight is 142 g/mol. The van der Waals surface area contributed by atoms with Crippen molar-refractivity contribution in [3.8, 4) is 0 Å². The molecule has 0 aliphatic carbocycles. The van der Waals surface area contributed by atoms with E-state index in [1.54, 1.807) is 12.1 Å². The molecule has 0 aliphatic rings. The van der Waals surface area contributed by atoms with E-state index in [-0.39, 0.29) is 18.9 Å². The Kier molecular flexibility index (Phi) is 2.18. The first-order valence-corrected chi connectivity index (χ1v) is 2.87. The number of benzene rings is 1. The first-order valence-electron chi connectivity index (χ1n) is 2.87. The van der Waals surface area contributed by atoms with Crippen LogP contribution in [0.4, 0.5) is 0 Å². The van der Waals surface area contributed by atoms with Crippen molar-refractivity contribution in [2.24, 2.45) is 0 Å². The van der Waals surface area contributed by atoms with Crippen molar-refractivity contribution in [3.05, 3.63) is 24.3 Å². The van der Waals surface area contributed by atoms with Crippen molar-refractivity contribution in [1.29, 1.82) is 0 Å². The van der Waals surface area contributed by atoms with E-state index in [1.807, 2.05) is 12.1 Å². The topological polar surface area (TPSA) is 50.9 Å². The van der Waals surface area contributed by atoms with Gasteiger partial charge in [-0.1, -0.05) is 17.0 Å². The predicted octanol–water partition coefficient (Wildman–Crippen LogP) is -2.33. The van der Waals surface area contributed by atoms with Crippen molar-refractivity contribution in [2.75, 3.05) is 0 Å². The molecular weight excluding hydrogens is 137 g/mol. The van der Waals surface area contributed by atoms with Crippen molar-refractivity contribution in [2.45, 2.75) is 0 Å². The van der Waals surface area contributed by atoms with Gasteiger partial charge in [0.25, 0.3) is 0 Å². The SMILES string of the molecule is On1nnc2ccccc21.[Li+]. The van der Waals surface area contributed by atoms with E-state index < -0.39 is 0 Å². The summed E-state index contributed by atoms with van der Waals surface area (Å²) in [5.74, 6) is 0. The molecule has 0 amide bonds. The zero-order valence-corrected chi connectivity index (χ0v) is 6.10. The largest absolute Gasteiger partial charge is 1.00 e. The molecule has 1 aromatic carbocycles. The first-order chi connectivity index (χ1) is 4.88. The summed E-state index contributed by atoms with van der Waals surface area (Å²) in [6.45, 7) is 0. The molecule has 0 bridgehead atoms. The maximum absolute atomic E-state index is 8.95. The Labute approximate surface area is 75.0 Å². The van der Waals surface area contributed by atoms with Gasteiger partial charge in [0.2, 0.25) is 0 Å². The van der Waals surface area contributed by atoms with Crippen LogP contribution in [0.2, 0.25) is 0 Å². The van der Waals surface area contributed by atoms with Gasteiger partial charge in [0.05, 0.1) is 0 Å². The molecule has 50 valence electrons. The van der Waals surface area contributed by atoms with Crippen LogP contribution < -0.4 is 18.9 Å². The van der Waals surface area contributed by atoms with Gasteiger partial charge in [-0.2, -0.15) is 0 Å². The van der Waals surface area contributed by atoms with Gasteiger partial charge in [0.15, 0.2) is 0 Å². The summed E-state index contributed by atoms with van der Waals surface area (Å²) < 4.78 is 0. The summed E-state index contributed by atoms with van der Waals surface area (Å²) in [4.78, 5) is 0.759. The summed E-state index contributed by atoms with van der Waals surface area (Å²) in [6.07, 6.45) is 0. The number of hydrogen-bond acceptors (Lipinski definition) is 3. The van der Waals surface area contributed by atoms with Crippen molar-refractivity contribution >= 4 is 11.0 Å². The van der Waals surface area contributed by atoms with E-state index in [9.17, 15) is 0 Å². The quantitative estimate of drug-likeness (QED) is 0.331. The summed E-state index contributed by atoms with van der Waals surface area (Å²) in [6, 6.07) is 7.19.